The van der Waals surface area contributed by atoms with Crippen LogP contribution in [0.1, 0.15) is 11.7 Å². The Bertz CT molecular complexity index is 329. The van der Waals surface area contributed by atoms with E-state index in [1.165, 1.54) is 13.2 Å². The Morgan fingerprint density at radius 2 is 2.31 bits per heavy atom. The van der Waals surface area contributed by atoms with Crippen molar-refractivity contribution in [2.24, 2.45) is 0 Å². The van der Waals surface area contributed by atoms with Gasteiger partial charge >= 0.3 is 0 Å². The summed E-state index contributed by atoms with van der Waals surface area (Å²) < 4.78 is 23.3. The van der Waals surface area contributed by atoms with Gasteiger partial charge in [-0.05, 0) is 6.07 Å². The number of hydrogen-bond acceptors (Lipinski definition) is 3. The van der Waals surface area contributed by atoms with Crippen molar-refractivity contribution in [1.82, 2.24) is 0 Å². The number of epoxide rings is 1. The lowest BCUT2D eigenvalue weighted by atomic mass is 10.1. The zero-order valence-corrected chi connectivity index (χ0v) is 7.16. The minimum Gasteiger partial charge on any atom is -0.396 e. The SMILES string of the molecule is COC1OC1c1cccc(N)c1F. The molecule has 0 bridgehead atoms. The topological polar surface area (TPSA) is 47.8 Å². The van der Waals surface area contributed by atoms with Crippen molar-refractivity contribution in [1.29, 1.82) is 0 Å². The molecule has 1 saturated heterocycles. The summed E-state index contributed by atoms with van der Waals surface area (Å²) in [5, 5.41) is 0. The zero-order valence-electron chi connectivity index (χ0n) is 7.16. The molecule has 3 nitrogen and oxygen atoms in total. The smallest absolute Gasteiger partial charge is 0.188 e. The van der Waals surface area contributed by atoms with Crippen LogP contribution in [0.2, 0.25) is 0 Å². The van der Waals surface area contributed by atoms with Crippen LogP contribution in [0.25, 0.3) is 0 Å². The number of methoxy groups -OCH3 is 1. The first-order valence-electron chi connectivity index (χ1n) is 3.96. The lowest BCUT2D eigenvalue weighted by molar-refractivity contribution is 0.0950. The molecule has 13 heavy (non-hydrogen) atoms. The average Bonchev–Trinajstić information content (AvgIpc) is 2.89. The third-order valence-electron chi connectivity index (χ3n) is 2.05. The molecule has 2 N–H and O–H groups in total. The molecule has 0 amide bonds. The number of rotatable bonds is 2. The van der Waals surface area contributed by atoms with Gasteiger partial charge in [0.25, 0.3) is 0 Å². The Morgan fingerprint density at radius 1 is 1.54 bits per heavy atom. The Kier molecular flexibility index (Phi) is 1.94. The highest BCUT2D eigenvalue weighted by atomic mass is 19.1. The third-order valence-corrected chi connectivity index (χ3v) is 2.05. The van der Waals surface area contributed by atoms with Crippen molar-refractivity contribution in [3.8, 4) is 0 Å². The van der Waals surface area contributed by atoms with E-state index in [-0.39, 0.29) is 18.1 Å². The van der Waals surface area contributed by atoms with Crippen molar-refractivity contribution >= 4 is 5.69 Å². The molecular weight excluding hydrogens is 173 g/mol. The van der Waals surface area contributed by atoms with E-state index in [1.807, 2.05) is 0 Å². The molecule has 1 aromatic carbocycles. The van der Waals surface area contributed by atoms with Crippen LogP contribution in [0, 0.1) is 5.82 Å². The number of nitrogens with two attached hydrogens (primary N) is 1. The third kappa shape index (κ3) is 1.38. The molecule has 4 heteroatoms. The Labute approximate surface area is 75.3 Å². The predicted octanol–water partition coefficient (Wildman–Crippen LogP) is 1.45. The molecule has 0 radical (unpaired) electrons. The van der Waals surface area contributed by atoms with Crippen molar-refractivity contribution < 1.29 is 13.9 Å². The summed E-state index contributed by atoms with van der Waals surface area (Å²) in [5.74, 6) is -0.410. The average molecular weight is 183 g/mol. The van der Waals surface area contributed by atoms with Crippen LogP contribution < -0.4 is 5.73 Å². The second-order valence-electron chi connectivity index (χ2n) is 2.91. The molecule has 0 aliphatic carbocycles. The zero-order chi connectivity index (χ0) is 9.42. The number of hydrogen-bond donors (Lipinski definition) is 1. The minimum atomic E-state index is -0.410. The first kappa shape index (κ1) is 8.47. The summed E-state index contributed by atoms with van der Waals surface area (Å²) in [6.07, 6.45) is -0.621. The summed E-state index contributed by atoms with van der Waals surface area (Å²) in [5.41, 5.74) is 6.01. The van der Waals surface area contributed by atoms with Gasteiger partial charge in [-0.2, -0.15) is 0 Å². The molecule has 1 aromatic rings. The summed E-state index contributed by atoms with van der Waals surface area (Å²) in [6.45, 7) is 0. The van der Waals surface area contributed by atoms with Gasteiger partial charge in [0, 0.05) is 12.7 Å². The highest BCUT2D eigenvalue weighted by Gasteiger charge is 2.42. The molecular formula is C9H10FNO2. The monoisotopic (exact) mass is 183 g/mol. The number of halogens is 1. The Hall–Kier alpha value is -1.13. The summed E-state index contributed by atoms with van der Waals surface area (Å²) in [6, 6.07) is 4.86. The Balaban J connectivity index is 2.27. The molecule has 1 aliphatic heterocycles. The van der Waals surface area contributed by atoms with Gasteiger partial charge in [-0.3, -0.25) is 0 Å². The predicted molar refractivity (Wildman–Crippen MR) is 45.4 cm³/mol. The Morgan fingerprint density at radius 3 is 2.92 bits per heavy atom. The van der Waals surface area contributed by atoms with Crippen LogP contribution in [0.15, 0.2) is 18.2 Å². The van der Waals surface area contributed by atoms with Gasteiger partial charge < -0.3 is 15.2 Å². The maximum Gasteiger partial charge on any atom is 0.188 e. The van der Waals surface area contributed by atoms with Gasteiger partial charge in [-0.15, -0.1) is 0 Å². The molecule has 1 aliphatic rings. The van der Waals surface area contributed by atoms with Crippen molar-refractivity contribution in [3.05, 3.63) is 29.6 Å². The van der Waals surface area contributed by atoms with Gasteiger partial charge in [-0.1, -0.05) is 12.1 Å². The fourth-order valence-electron chi connectivity index (χ4n) is 1.29. The van der Waals surface area contributed by atoms with Crippen LogP contribution in [0.4, 0.5) is 10.1 Å². The van der Waals surface area contributed by atoms with Crippen LogP contribution >= 0.6 is 0 Å². The van der Waals surface area contributed by atoms with Crippen LogP contribution in [0.3, 0.4) is 0 Å². The molecule has 70 valence electrons. The van der Waals surface area contributed by atoms with Crippen molar-refractivity contribution in [2.45, 2.75) is 12.4 Å². The van der Waals surface area contributed by atoms with Crippen LogP contribution in [-0.2, 0) is 9.47 Å². The van der Waals surface area contributed by atoms with E-state index >= 15 is 0 Å². The highest BCUT2D eigenvalue weighted by molar-refractivity contribution is 5.44. The van der Waals surface area contributed by atoms with E-state index in [1.54, 1.807) is 12.1 Å². The molecule has 1 fully saturated rings. The quantitative estimate of drug-likeness (QED) is 0.557. The van der Waals surface area contributed by atoms with E-state index in [0.717, 1.165) is 0 Å². The molecule has 0 aromatic heterocycles. The number of benzene rings is 1. The van der Waals surface area contributed by atoms with Gasteiger partial charge in [0.2, 0.25) is 0 Å². The van der Waals surface area contributed by atoms with E-state index in [2.05, 4.69) is 0 Å². The van der Waals surface area contributed by atoms with Crippen LogP contribution in [-0.4, -0.2) is 13.4 Å². The molecule has 2 unspecified atom stereocenters. The molecule has 0 saturated carbocycles. The minimum absolute atomic E-state index is 0.142. The highest BCUT2D eigenvalue weighted by Crippen LogP contribution is 2.40. The summed E-state index contributed by atoms with van der Waals surface area (Å²) >= 11 is 0. The van der Waals surface area contributed by atoms with E-state index in [9.17, 15) is 4.39 Å². The number of ether oxygens (including phenoxy) is 2. The lowest BCUT2D eigenvalue weighted by Crippen LogP contribution is -1.98. The van der Waals surface area contributed by atoms with Crippen molar-refractivity contribution in [2.75, 3.05) is 12.8 Å². The normalized spacial score (nSPS) is 26.0. The van der Waals surface area contributed by atoms with Gasteiger partial charge in [0.05, 0.1) is 5.69 Å². The van der Waals surface area contributed by atoms with E-state index in [4.69, 9.17) is 15.2 Å². The number of anilines is 1. The lowest BCUT2D eigenvalue weighted by Gasteiger charge is -2.00. The van der Waals surface area contributed by atoms with E-state index < -0.39 is 5.82 Å². The fourth-order valence-corrected chi connectivity index (χ4v) is 1.29. The van der Waals surface area contributed by atoms with E-state index in [0.29, 0.717) is 5.56 Å². The first-order chi connectivity index (χ1) is 6.24. The molecule has 1 heterocycles. The first-order valence-corrected chi connectivity index (χ1v) is 3.96. The standard InChI is InChI=1S/C9H10FNO2/c1-12-9-8(13-9)5-3-2-4-6(11)7(5)10/h2-4,8-9H,11H2,1H3. The maximum atomic E-state index is 13.3. The molecule has 0 spiro atoms. The largest absolute Gasteiger partial charge is 0.396 e. The van der Waals surface area contributed by atoms with Gasteiger partial charge in [0.1, 0.15) is 6.10 Å². The summed E-state index contributed by atoms with van der Waals surface area (Å²) in [7, 11) is 1.52. The fraction of sp³-hybridized carbons (Fsp3) is 0.333. The second kappa shape index (κ2) is 2.97. The second-order valence-corrected chi connectivity index (χ2v) is 2.91. The molecule has 2 rings (SSSR count). The number of nitrogen functional groups attached to an aromatic ring is 1. The maximum absolute atomic E-state index is 13.3. The van der Waals surface area contributed by atoms with Gasteiger partial charge in [0.15, 0.2) is 12.1 Å². The van der Waals surface area contributed by atoms with Gasteiger partial charge in [-0.25, -0.2) is 4.39 Å². The summed E-state index contributed by atoms with van der Waals surface area (Å²) in [4.78, 5) is 0. The van der Waals surface area contributed by atoms with Crippen LogP contribution in [0.5, 0.6) is 0 Å². The van der Waals surface area contributed by atoms with Crippen molar-refractivity contribution in [3.63, 3.8) is 0 Å². The molecule has 2 atom stereocenters.